The Bertz CT molecular complexity index is 501. The van der Waals surface area contributed by atoms with E-state index >= 15 is 0 Å². The second-order valence-corrected chi connectivity index (χ2v) is 5.89. The van der Waals surface area contributed by atoms with Crippen molar-refractivity contribution in [2.45, 2.75) is 42.2 Å². The molecule has 1 aromatic rings. The van der Waals surface area contributed by atoms with Crippen molar-refractivity contribution in [2.24, 2.45) is 0 Å². The molecular formula is C12H14N2O4S. The minimum absolute atomic E-state index is 0.162. The number of thioether (sulfide) groups is 1. The van der Waals surface area contributed by atoms with Crippen LogP contribution < -0.4 is 0 Å². The molecule has 6 nitrogen and oxygen atoms in total. The molecule has 0 atom stereocenters. The van der Waals surface area contributed by atoms with Crippen LogP contribution in [0.1, 0.15) is 32.1 Å². The zero-order valence-electron chi connectivity index (χ0n) is 10.3. The van der Waals surface area contributed by atoms with Gasteiger partial charge in [-0.05, 0) is 18.9 Å². The van der Waals surface area contributed by atoms with Gasteiger partial charge in [0.1, 0.15) is 0 Å². The summed E-state index contributed by atoms with van der Waals surface area (Å²) in [4.78, 5) is 21.0. The first-order chi connectivity index (χ1) is 9.08. The summed E-state index contributed by atoms with van der Waals surface area (Å²) in [6.07, 6.45) is 5.63. The lowest BCUT2D eigenvalue weighted by atomic mass is 10.0. The quantitative estimate of drug-likeness (QED) is 0.617. The molecule has 0 heterocycles. The lowest BCUT2D eigenvalue weighted by Crippen LogP contribution is -2.08. The molecule has 0 spiro atoms. The standard InChI is InChI=1S/C12H14N2O4S/c15-13(16)9-6-7-12(11(8-9)14(17)18)19-10-4-2-1-3-5-10/h6-8,10H,1-5H2. The average molecular weight is 282 g/mol. The highest BCUT2D eigenvalue weighted by atomic mass is 32.2. The number of hydrogen-bond donors (Lipinski definition) is 0. The predicted octanol–water partition coefficient (Wildman–Crippen LogP) is 3.93. The molecular weight excluding hydrogens is 268 g/mol. The van der Waals surface area contributed by atoms with Crippen molar-refractivity contribution in [3.8, 4) is 0 Å². The van der Waals surface area contributed by atoms with E-state index in [0.29, 0.717) is 10.1 Å². The van der Waals surface area contributed by atoms with Crippen molar-refractivity contribution in [3.63, 3.8) is 0 Å². The van der Waals surface area contributed by atoms with E-state index < -0.39 is 9.85 Å². The van der Waals surface area contributed by atoms with Gasteiger partial charge in [-0.3, -0.25) is 20.2 Å². The van der Waals surface area contributed by atoms with Gasteiger partial charge in [0, 0.05) is 11.3 Å². The summed E-state index contributed by atoms with van der Waals surface area (Å²) in [5.41, 5.74) is -0.399. The molecule has 0 aliphatic heterocycles. The fraction of sp³-hybridized carbons (Fsp3) is 0.500. The Labute approximate surface area is 114 Å². The summed E-state index contributed by atoms with van der Waals surface area (Å²) in [6.45, 7) is 0. The number of nitro benzene ring substituents is 2. The Morgan fingerprint density at radius 2 is 1.74 bits per heavy atom. The molecule has 0 N–H and O–H groups in total. The van der Waals surface area contributed by atoms with E-state index in [0.717, 1.165) is 31.7 Å². The molecule has 1 saturated carbocycles. The summed E-state index contributed by atoms with van der Waals surface area (Å²) in [6, 6.07) is 3.87. The van der Waals surface area contributed by atoms with Gasteiger partial charge in [-0.15, -0.1) is 11.8 Å². The average Bonchev–Trinajstić information content (AvgIpc) is 2.39. The molecule has 7 heteroatoms. The van der Waals surface area contributed by atoms with Crippen LogP contribution in [0.2, 0.25) is 0 Å². The largest absolute Gasteiger partial charge is 0.289 e. The third kappa shape index (κ3) is 3.44. The maximum atomic E-state index is 11.0. The molecule has 102 valence electrons. The number of nitrogens with zero attached hydrogens (tertiary/aromatic N) is 2. The molecule has 1 fully saturated rings. The third-order valence-electron chi connectivity index (χ3n) is 3.20. The van der Waals surface area contributed by atoms with E-state index in [9.17, 15) is 20.2 Å². The number of nitro groups is 2. The molecule has 19 heavy (non-hydrogen) atoms. The SMILES string of the molecule is O=[N+]([O-])c1ccc(SC2CCCCC2)c([N+](=O)[O-])c1. The Balaban J connectivity index is 2.23. The van der Waals surface area contributed by atoms with Gasteiger partial charge in [0.05, 0.1) is 20.8 Å². The molecule has 0 saturated heterocycles. The van der Waals surface area contributed by atoms with Crippen molar-refractivity contribution < 1.29 is 9.85 Å². The van der Waals surface area contributed by atoms with Crippen LogP contribution >= 0.6 is 11.8 Å². The van der Waals surface area contributed by atoms with Crippen LogP contribution in [0, 0.1) is 20.2 Å². The van der Waals surface area contributed by atoms with Gasteiger partial charge in [-0.1, -0.05) is 19.3 Å². The molecule has 0 aromatic heterocycles. The molecule has 1 aliphatic rings. The van der Waals surface area contributed by atoms with Crippen molar-refractivity contribution in [3.05, 3.63) is 38.4 Å². The Kier molecular flexibility index (Phi) is 4.36. The van der Waals surface area contributed by atoms with Crippen molar-refractivity contribution in [1.82, 2.24) is 0 Å². The van der Waals surface area contributed by atoms with Crippen LogP contribution in [0.15, 0.2) is 23.1 Å². The summed E-state index contributed by atoms with van der Waals surface area (Å²) in [5, 5.41) is 22.0. The van der Waals surface area contributed by atoms with E-state index in [1.54, 1.807) is 0 Å². The first-order valence-electron chi connectivity index (χ1n) is 6.17. The summed E-state index contributed by atoms with van der Waals surface area (Å²) < 4.78 is 0. The van der Waals surface area contributed by atoms with Crippen molar-refractivity contribution >= 4 is 23.1 Å². The minimum Gasteiger partial charge on any atom is -0.258 e. The van der Waals surface area contributed by atoms with Crippen LogP contribution in [0.25, 0.3) is 0 Å². The van der Waals surface area contributed by atoms with Crippen molar-refractivity contribution in [1.29, 1.82) is 0 Å². The molecule has 1 aromatic carbocycles. The first kappa shape index (κ1) is 13.8. The van der Waals surface area contributed by atoms with E-state index in [1.165, 1.54) is 30.3 Å². The van der Waals surface area contributed by atoms with Crippen LogP contribution in [-0.2, 0) is 0 Å². The zero-order chi connectivity index (χ0) is 13.8. The predicted molar refractivity (Wildman–Crippen MR) is 72.5 cm³/mol. The number of rotatable bonds is 4. The topological polar surface area (TPSA) is 86.3 Å². The smallest absolute Gasteiger partial charge is 0.258 e. The van der Waals surface area contributed by atoms with Gasteiger partial charge in [0.25, 0.3) is 11.4 Å². The van der Waals surface area contributed by atoms with Gasteiger partial charge in [-0.25, -0.2) is 0 Å². The zero-order valence-corrected chi connectivity index (χ0v) is 11.1. The molecule has 1 aliphatic carbocycles. The van der Waals surface area contributed by atoms with Gasteiger partial charge in [0.15, 0.2) is 0 Å². The normalized spacial score (nSPS) is 16.2. The molecule has 0 bridgehead atoms. The fourth-order valence-corrected chi connectivity index (χ4v) is 3.55. The number of benzene rings is 1. The number of hydrogen-bond acceptors (Lipinski definition) is 5. The van der Waals surface area contributed by atoms with Crippen LogP contribution in [0.4, 0.5) is 11.4 Å². The highest BCUT2D eigenvalue weighted by Crippen LogP contribution is 2.39. The summed E-state index contributed by atoms with van der Waals surface area (Å²) >= 11 is 1.48. The van der Waals surface area contributed by atoms with E-state index in [2.05, 4.69) is 0 Å². The molecule has 0 radical (unpaired) electrons. The lowest BCUT2D eigenvalue weighted by Gasteiger charge is -2.20. The Morgan fingerprint density at radius 1 is 1.05 bits per heavy atom. The highest BCUT2D eigenvalue weighted by Gasteiger charge is 2.23. The van der Waals surface area contributed by atoms with Crippen LogP contribution in [0.3, 0.4) is 0 Å². The van der Waals surface area contributed by atoms with Crippen molar-refractivity contribution in [2.75, 3.05) is 0 Å². The first-order valence-corrected chi connectivity index (χ1v) is 7.05. The minimum atomic E-state index is -0.609. The van der Waals surface area contributed by atoms with Gasteiger partial charge in [-0.2, -0.15) is 0 Å². The van der Waals surface area contributed by atoms with E-state index in [1.807, 2.05) is 0 Å². The maximum absolute atomic E-state index is 11.0. The van der Waals surface area contributed by atoms with E-state index in [4.69, 9.17) is 0 Å². The lowest BCUT2D eigenvalue weighted by molar-refractivity contribution is -0.396. The monoisotopic (exact) mass is 282 g/mol. The van der Waals surface area contributed by atoms with Gasteiger partial charge < -0.3 is 0 Å². The Hall–Kier alpha value is -1.63. The second kappa shape index (κ2) is 6.01. The summed E-state index contributed by atoms with van der Waals surface area (Å²) in [7, 11) is 0. The van der Waals surface area contributed by atoms with Crippen LogP contribution in [0.5, 0.6) is 0 Å². The maximum Gasteiger partial charge on any atom is 0.289 e. The summed E-state index contributed by atoms with van der Waals surface area (Å²) in [5.74, 6) is 0. The molecule has 0 unspecified atom stereocenters. The second-order valence-electron chi connectivity index (χ2n) is 4.54. The fourth-order valence-electron chi connectivity index (χ4n) is 2.22. The third-order valence-corrected chi connectivity index (χ3v) is 4.60. The van der Waals surface area contributed by atoms with Gasteiger partial charge >= 0.3 is 0 Å². The van der Waals surface area contributed by atoms with Gasteiger partial charge in [0.2, 0.25) is 0 Å². The van der Waals surface area contributed by atoms with E-state index in [-0.39, 0.29) is 11.4 Å². The Morgan fingerprint density at radius 3 is 2.32 bits per heavy atom. The highest BCUT2D eigenvalue weighted by molar-refractivity contribution is 8.00. The molecule has 2 rings (SSSR count). The molecule has 0 amide bonds. The van der Waals surface area contributed by atoms with Crippen LogP contribution in [-0.4, -0.2) is 15.1 Å². The number of non-ortho nitro benzene ring substituents is 1.